The monoisotopic (exact) mass is 1370 g/mol. The van der Waals surface area contributed by atoms with Gasteiger partial charge in [-0.1, -0.05) is 80.1 Å². The van der Waals surface area contributed by atoms with E-state index in [-0.39, 0.29) is 86.8 Å². The summed E-state index contributed by atoms with van der Waals surface area (Å²) in [5.41, 5.74) is 0. The number of halogens is 5. The average Bonchev–Trinajstić information content (AvgIpc) is 0.824. The van der Waals surface area contributed by atoms with Gasteiger partial charge in [0.25, 0.3) is 0 Å². The molecule has 1 aliphatic heterocycles. The molecule has 1 heterocycles. The number of likely N-dealkylation sites (N-methyl/N-ethyl adjacent to an activating group) is 8. The van der Waals surface area contributed by atoms with Crippen LogP contribution in [0, 0.1) is 41.4 Å². The first-order valence-electron chi connectivity index (χ1n) is 34.1. The van der Waals surface area contributed by atoms with Crippen molar-refractivity contribution in [2.45, 2.75) is 243 Å². The smallest absolute Gasteiger partial charge is 0.351 e. The molecule has 1 saturated heterocycles. The van der Waals surface area contributed by atoms with Gasteiger partial charge in [-0.05, 0) is 126 Å². The van der Waals surface area contributed by atoms with Gasteiger partial charge in [-0.15, -0.1) is 23.2 Å². The van der Waals surface area contributed by atoms with E-state index in [0.29, 0.717) is 32.1 Å². The molecule has 0 aromatic heterocycles. The number of carbonyl (C=O) groups excluding carboxylic acids is 11. The van der Waals surface area contributed by atoms with Crippen molar-refractivity contribution in [2.75, 3.05) is 76.0 Å². The molecule has 0 bridgehead atoms. The average molecular weight is 1380 g/mol. The highest BCUT2D eigenvalue weighted by Crippen LogP contribution is 2.44. The minimum Gasteiger partial charge on any atom is -0.351 e. The molecule has 3 N–H and O–H groups in total. The van der Waals surface area contributed by atoms with E-state index >= 15 is 14.4 Å². The summed E-state index contributed by atoms with van der Waals surface area (Å²) < 4.78 is 42.0. The molecular formula is C67H112Cl2F3N11O11. The van der Waals surface area contributed by atoms with Gasteiger partial charge in [-0.2, -0.15) is 13.2 Å². The van der Waals surface area contributed by atoms with Crippen molar-refractivity contribution in [3.63, 3.8) is 0 Å². The number of carbonyl (C=O) groups is 11. The Labute approximate surface area is 566 Å². The largest absolute Gasteiger partial charge is 0.393 e. The number of hydrogen-bond acceptors (Lipinski definition) is 11. The van der Waals surface area contributed by atoms with Crippen LogP contribution in [0.4, 0.5) is 13.2 Å². The molecule has 0 radical (unpaired) electrons. The fourth-order valence-electron chi connectivity index (χ4n) is 13.8. The molecule has 3 unspecified atom stereocenters. The lowest BCUT2D eigenvalue weighted by Gasteiger charge is -2.40. The first-order chi connectivity index (χ1) is 43.8. The number of alkyl halides is 5. The Hall–Kier alpha value is -5.46. The highest BCUT2D eigenvalue weighted by molar-refractivity contribution is 6.21. The van der Waals surface area contributed by atoms with Crippen LogP contribution in [0.15, 0.2) is 0 Å². The van der Waals surface area contributed by atoms with Crippen molar-refractivity contribution in [1.29, 1.82) is 0 Å². The van der Waals surface area contributed by atoms with Gasteiger partial charge in [0.15, 0.2) is 0 Å². The van der Waals surface area contributed by atoms with Crippen molar-refractivity contribution >= 4 is 88.2 Å². The van der Waals surface area contributed by atoms with E-state index in [0.717, 1.165) is 46.8 Å². The van der Waals surface area contributed by atoms with Crippen molar-refractivity contribution < 1.29 is 65.9 Å². The molecule has 0 spiro atoms. The van der Waals surface area contributed by atoms with E-state index in [1.807, 2.05) is 20.8 Å². The van der Waals surface area contributed by atoms with E-state index in [1.165, 1.54) is 87.8 Å². The lowest BCUT2D eigenvalue weighted by molar-refractivity contribution is -0.182. The maximum absolute atomic E-state index is 15.5. The van der Waals surface area contributed by atoms with E-state index in [2.05, 4.69) is 16.0 Å². The van der Waals surface area contributed by atoms with E-state index in [4.69, 9.17) is 23.2 Å². The molecule has 11 amide bonds. The van der Waals surface area contributed by atoms with E-state index in [1.54, 1.807) is 27.7 Å². The second kappa shape index (κ2) is 36.8. The Morgan fingerprint density at radius 1 is 0.521 bits per heavy atom. The van der Waals surface area contributed by atoms with Crippen LogP contribution in [-0.2, 0) is 52.7 Å². The van der Waals surface area contributed by atoms with Crippen molar-refractivity contribution in [3.8, 4) is 0 Å². The van der Waals surface area contributed by atoms with Crippen LogP contribution in [0.3, 0.4) is 0 Å². The molecule has 3 saturated carbocycles. The Balaban J connectivity index is 1.84. The summed E-state index contributed by atoms with van der Waals surface area (Å²) in [4.78, 5) is 170. The van der Waals surface area contributed by atoms with Crippen LogP contribution < -0.4 is 16.0 Å². The third-order valence-electron chi connectivity index (χ3n) is 20.4. The summed E-state index contributed by atoms with van der Waals surface area (Å²) in [6.45, 7) is 12.3. The van der Waals surface area contributed by atoms with Crippen LogP contribution in [0.1, 0.15) is 177 Å². The summed E-state index contributed by atoms with van der Waals surface area (Å²) in [5.74, 6) is -10.1. The SMILES string of the molecule is CC[C@H](C)[C@@H]1NC(=O)[C@H](C)N(C)C(=O)C[C@@H](C)NC(=O)[C@H](C(C)C)N(C)C(=O)[C@H](CC2CCCCC2)N(C)C(=O)[C@H](CC(C)C)N(C)C(=O)[C@H](CCC2CCC(C(F)(F)F)C(Cl)C2)NC(=O)CN(C)C(=O)[C@H](CC2CCC(Cl)CC2)N(C)C(=O)CN(C)C(=O)CN(C)C1=O. The lowest BCUT2D eigenvalue weighted by atomic mass is 9.78. The quantitative estimate of drug-likeness (QED) is 0.174. The number of nitrogens with zero attached hydrogens (tertiary/aromatic N) is 8. The van der Waals surface area contributed by atoms with Gasteiger partial charge in [-0.25, -0.2) is 0 Å². The first kappa shape index (κ1) is 81.0. The third-order valence-corrected chi connectivity index (χ3v) is 21.3. The third kappa shape index (κ3) is 22.8. The van der Waals surface area contributed by atoms with Crippen LogP contribution in [0.25, 0.3) is 0 Å². The Bertz CT molecular complexity index is 2610. The van der Waals surface area contributed by atoms with Gasteiger partial charge in [0.05, 0.1) is 25.6 Å². The first-order valence-corrected chi connectivity index (χ1v) is 35.0. The summed E-state index contributed by atoms with van der Waals surface area (Å²) in [6.07, 6.45) is 3.22. The zero-order valence-electron chi connectivity index (χ0n) is 58.8. The molecule has 4 rings (SSSR count). The van der Waals surface area contributed by atoms with Crippen LogP contribution in [0.2, 0.25) is 0 Å². The van der Waals surface area contributed by atoms with Crippen molar-refractivity contribution in [1.82, 2.24) is 55.1 Å². The van der Waals surface area contributed by atoms with Crippen molar-refractivity contribution in [3.05, 3.63) is 0 Å². The number of rotatable bonds is 12. The summed E-state index contributed by atoms with van der Waals surface area (Å²) in [7, 11) is 11.4. The number of nitrogens with one attached hydrogen (secondary N) is 3. The standard InChI is InChI=1S/C67H112Cl2F3N11O11/c1-17-41(6)58-66(94)78(11)37-56(86)76(9)38-57(87)80(13)52(35-46-23-27-47(68)28-24-46)63(91)77(10)36-54(84)74-50(30-26-45-25-29-48(49(69)33-45)67(70,71)72)62(90)81(14)51(31-39(2)3)64(92)82(15)53(34-44-21-19-18-20-22-44)65(93)83(16)59(40(4)5)61(89)73-42(7)32-55(85)79(12)43(8)60(88)75-58/h39-53,58-59H,17-38H2,1-16H3,(H,73,89)(H,74,84)(H,75,88)/t41-,42+,43-,45?,46?,47?,48?,49?,50-,51-,52-,53-,58-,59-/m0/s1. The molecule has 4 aliphatic rings. The summed E-state index contributed by atoms with van der Waals surface area (Å²) in [6, 6.07) is -9.04. The number of hydrogen-bond donors (Lipinski definition) is 3. The molecule has 0 aromatic carbocycles. The van der Waals surface area contributed by atoms with Crippen LogP contribution >= 0.6 is 23.2 Å². The molecular weight excluding hydrogens is 1260 g/mol. The molecule has 27 heteroatoms. The van der Waals surface area contributed by atoms with Gasteiger partial charge in [0.1, 0.15) is 42.3 Å². The molecule has 0 aromatic rings. The minimum absolute atomic E-state index is 0.00667. The number of amides is 11. The predicted octanol–water partition coefficient (Wildman–Crippen LogP) is 6.67. The second-order valence-corrected chi connectivity index (χ2v) is 29.8. The zero-order valence-corrected chi connectivity index (χ0v) is 60.3. The molecule has 12 atom stereocenters. The summed E-state index contributed by atoms with van der Waals surface area (Å²) >= 11 is 12.9. The lowest BCUT2D eigenvalue weighted by Crippen LogP contribution is -2.60. The second-order valence-electron chi connectivity index (χ2n) is 28.7. The Morgan fingerprint density at radius 2 is 1.05 bits per heavy atom. The van der Waals surface area contributed by atoms with E-state index < -0.39 is 162 Å². The fraction of sp³-hybridized carbons (Fsp3) is 0.836. The molecule has 4 fully saturated rings. The maximum atomic E-state index is 15.5. The predicted molar refractivity (Wildman–Crippen MR) is 354 cm³/mol. The van der Waals surface area contributed by atoms with Crippen LogP contribution in [-0.4, -0.2) is 245 Å². The van der Waals surface area contributed by atoms with Gasteiger partial charge >= 0.3 is 6.18 Å². The van der Waals surface area contributed by atoms with Crippen LogP contribution in [0.5, 0.6) is 0 Å². The maximum Gasteiger partial charge on any atom is 0.393 e. The molecule has 94 heavy (non-hydrogen) atoms. The highest BCUT2D eigenvalue weighted by Gasteiger charge is 2.48. The molecule has 536 valence electrons. The molecule has 3 aliphatic carbocycles. The zero-order chi connectivity index (χ0) is 71.0. The topological polar surface area (TPSA) is 250 Å². The summed E-state index contributed by atoms with van der Waals surface area (Å²) in [5, 5.41) is 7.21. The molecule has 22 nitrogen and oxygen atoms in total. The Kier molecular flexibility index (Phi) is 31.7. The minimum atomic E-state index is -4.51. The van der Waals surface area contributed by atoms with Gasteiger partial charge < -0.3 is 55.1 Å². The fourth-order valence-corrected chi connectivity index (χ4v) is 14.6. The van der Waals surface area contributed by atoms with Gasteiger partial charge in [0, 0.05) is 79.6 Å². The normalized spacial score (nSPS) is 30.7. The van der Waals surface area contributed by atoms with E-state index in [9.17, 15) is 51.5 Å². The van der Waals surface area contributed by atoms with Gasteiger partial charge in [0.2, 0.25) is 65.0 Å². The Morgan fingerprint density at radius 3 is 1.61 bits per heavy atom. The van der Waals surface area contributed by atoms with Crippen molar-refractivity contribution in [2.24, 2.45) is 41.4 Å². The van der Waals surface area contributed by atoms with Gasteiger partial charge in [-0.3, -0.25) is 52.7 Å². The highest BCUT2D eigenvalue weighted by atomic mass is 35.5.